The lowest BCUT2D eigenvalue weighted by Gasteiger charge is -2.19. The Bertz CT molecular complexity index is 1250. The molecule has 3 N–H and O–H groups in total. The zero-order valence-corrected chi connectivity index (χ0v) is 51.7. The summed E-state index contributed by atoms with van der Waals surface area (Å²) in [6, 6.07) is 0. The highest BCUT2D eigenvalue weighted by Crippen LogP contribution is 2.43. The minimum atomic E-state index is -4.39. The normalized spacial score (nSPS) is 12.9. The molecule has 0 aliphatic rings. The molecule has 0 bridgehead atoms. The van der Waals surface area contributed by atoms with E-state index in [2.05, 4.69) is 26.0 Å². The van der Waals surface area contributed by atoms with Gasteiger partial charge in [0.2, 0.25) is 0 Å². The SMILES string of the molecule is CCCCCCCCCC/C=C\CCCCCCCCCCCCCC(=O)OC(COC(=O)CCCCCCCCCCCCCCCCCCCCCCCCCCCCCCCCCC)COP(=O)(O)OCCN. The zero-order valence-electron chi connectivity index (χ0n) is 50.8. The molecule has 0 heterocycles. The van der Waals surface area contributed by atoms with Crippen LogP contribution < -0.4 is 5.73 Å². The van der Waals surface area contributed by atoms with E-state index in [1.165, 1.54) is 302 Å². The number of ether oxygens (including phenoxy) is 2. The minimum Gasteiger partial charge on any atom is -0.462 e. The van der Waals surface area contributed by atoms with E-state index in [1.54, 1.807) is 0 Å². The van der Waals surface area contributed by atoms with Crippen LogP contribution in [0.3, 0.4) is 0 Å². The van der Waals surface area contributed by atoms with Crippen molar-refractivity contribution in [3.63, 3.8) is 0 Å². The summed E-state index contributed by atoms with van der Waals surface area (Å²) in [4.78, 5) is 35.3. The second-order valence-corrected chi connectivity index (χ2v) is 24.5. The van der Waals surface area contributed by atoms with Crippen LogP contribution in [0.15, 0.2) is 12.2 Å². The maximum atomic E-state index is 12.7. The smallest absolute Gasteiger partial charge is 0.462 e. The van der Waals surface area contributed by atoms with Gasteiger partial charge >= 0.3 is 19.8 Å². The van der Waals surface area contributed by atoms with Crippen molar-refractivity contribution < 1.29 is 37.6 Å². The maximum absolute atomic E-state index is 12.7. The molecule has 0 aromatic rings. The first kappa shape index (κ1) is 74.8. The molecular weight excluding hydrogens is 966 g/mol. The number of allylic oxidation sites excluding steroid dienone is 2. The van der Waals surface area contributed by atoms with Gasteiger partial charge in [-0.2, -0.15) is 0 Å². The summed E-state index contributed by atoms with van der Waals surface area (Å²) in [6.07, 6.45) is 74.5. The zero-order chi connectivity index (χ0) is 55.2. The summed E-state index contributed by atoms with van der Waals surface area (Å²) in [5, 5.41) is 0. The van der Waals surface area contributed by atoms with Gasteiger partial charge < -0.3 is 20.1 Å². The molecule has 0 amide bonds. The average molecular weight is 1100 g/mol. The first-order valence-electron chi connectivity index (χ1n) is 33.7. The van der Waals surface area contributed by atoms with Crippen LogP contribution in [0.5, 0.6) is 0 Å². The molecule has 0 aliphatic carbocycles. The van der Waals surface area contributed by atoms with Gasteiger partial charge in [0, 0.05) is 19.4 Å². The molecule has 0 radical (unpaired) electrons. The summed E-state index contributed by atoms with van der Waals surface area (Å²) in [7, 11) is -4.39. The number of esters is 2. The highest BCUT2D eigenvalue weighted by Gasteiger charge is 2.26. The number of phosphoric acid groups is 1. The van der Waals surface area contributed by atoms with E-state index in [1.807, 2.05) is 0 Å². The monoisotopic (exact) mass is 1100 g/mol. The third kappa shape index (κ3) is 62.0. The Balaban J connectivity index is 3.81. The third-order valence-electron chi connectivity index (χ3n) is 15.4. The lowest BCUT2D eigenvalue weighted by molar-refractivity contribution is -0.161. The van der Waals surface area contributed by atoms with Gasteiger partial charge in [-0.25, -0.2) is 4.57 Å². The van der Waals surface area contributed by atoms with Gasteiger partial charge in [0.25, 0.3) is 0 Å². The van der Waals surface area contributed by atoms with E-state index in [0.29, 0.717) is 6.42 Å². The Hall–Kier alpha value is -1.25. The Kier molecular flexibility index (Phi) is 61.9. The first-order valence-corrected chi connectivity index (χ1v) is 35.2. The van der Waals surface area contributed by atoms with Crippen LogP contribution in [-0.4, -0.2) is 49.3 Å². The van der Waals surface area contributed by atoms with E-state index in [0.717, 1.165) is 32.1 Å². The first-order chi connectivity index (χ1) is 37.3. The third-order valence-corrected chi connectivity index (χ3v) is 16.4. The van der Waals surface area contributed by atoms with Crippen LogP contribution in [0.2, 0.25) is 0 Å². The number of carbonyl (C=O) groups excluding carboxylic acids is 2. The Morgan fingerprint density at radius 1 is 0.382 bits per heavy atom. The molecule has 0 aromatic carbocycles. The van der Waals surface area contributed by atoms with Crippen molar-refractivity contribution in [3.8, 4) is 0 Å². The molecular formula is C66H130NO8P. The Labute approximate surface area is 472 Å². The van der Waals surface area contributed by atoms with Crippen LogP contribution in [0, 0.1) is 0 Å². The molecule has 0 rings (SSSR count). The Morgan fingerprint density at radius 3 is 0.934 bits per heavy atom. The van der Waals surface area contributed by atoms with Crippen molar-refractivity contribution in [2.24, 2.45) is 5.73 Å². The molecule has 452 valence electrons. The summed E-state index contributed by atoms with van der Waals surface area (Å²) in [6.45, 7) is 3.82. The van der Waals surface area contributed by atoms with Gasteiger partial charge in [0.1, 0.15) is 6.61 Å². The largest absolute Gasteiger partial charge is 0.472 e. The van der Waals surface area contributed by atoms with E-state index in [9.17, 15) is 19.0 Å². The second-order valence-electron chi connectivity index (χ2n) is 23.1. The highest BCUT2D eigenvalue weighted by molar-refractivity contribution is 7.47. The number of nitrogens with two attached hydrogens (primary N) is 1. The quantitative estimate of drug-likeness (QED) is 0.0264. The van der Waals surface area contributed by atoms with Crippen molar-refractivity contribution >= 4 is 19.8 Å². The summed E-state index contributed by atoms with van der Waals surface area (Å²) >= 11 is 0. The van der Waals surface area contributed by atoms with Crippen LogP contribution in [0.4, 0.5) is 0 Å². The van der Waals surface area contributed by atoms with Crippen LogP contribution in [0.1, 0.15) is 367 Å². The fraction of sp³-hybridized carbons (Fsp3) is 0.939. The maximum Gasteiger partial charge on any atom is 0.472 e. The molecule has 0 saturated carbocycles. The number of hydrogen-bond acceptors (Lipinski definition) is 8. The molecule has 0 spiro atoms. The van der Waals surface area contributed by atoms with E-state index < -0.39 is 26.5 Å². The van der Waals surface area contributed by atoms with Gasteiger partial charge in [-0.15, -0.1) is 0 Å². The van der Waals surface area contributed by atoms with Gasteiger partial charge in [0.05, 0.1) is 13.2 Å². The van der Waals surface area contributed by atoms with Gasteiger partial charge in [0.15, 0.2) is 6.10 Å². The van der Waals surface area contributed by atoms with E-state index in [-0.39, 0.29) is 38.6 Å². The number of carbonyl (C=O) groups is 2. The summed E-state index contributed by atoms with van der Waals surface area (Å²) < 4.78 is 33.1. The topological polar surface area (TPSA) is 134 Å². The molecule has 2 unspecified atom stereocenters. The van der Waals surface area contributed by atoms with Crippen LogP contribution in [0.25, 0.3) is 0 Å². The summed E-state index contributed by atoms with van der Waals surface area (Å²) in [5.41, 5.74) is 5.40. The van der Waals surface area contributed by atoms with Crippen molar-refractivity contribution in [2.45, 2.75) is 373 Å². The van der Waals surface area contributed by atoms with Gasteiger partial charge in [-0.1, -0.05) is 328 Å². The minimum absolute atomic E-state index is 0.0570. The van der Waals surface area contributed by atoms with Crippen LogP contribution in [-0.2, 0) is 32.7 Å². The fourth-order valence-electron chi connectivity index (χ4n) is 10.4. The molecule has 76 heavy (non-hydrogen) atoms. The van der Waals surface area contributed by atoms with Crippen molar-refractivity contribution in [1.29, 1.82) is 0 Å². The second kappa shape index (κ2) is 62.9. The molecule has 10 heteroatoms. The van der Waals surface area contributed by atoms with Gasteiger partial charge in [-0.05, 0) is 38.5 Å². The molecule has 0 fully saturated rings. The average Bonchev–Trinajstić information content (AvgIpc) is 3.41. The van der Waals surface area contributed by atoms with Gasteiger partial charge in [-0.3, -0.25) is 18.6 Å². The number of hydrogen-bond donors (Lipinski definition) is 2. The molecule has 0 aromatic heterocycles. The standard InChI is InChI=1S/C66H130NO8P/c1-3-5-7-9-11-13-15-17-19-21-23-25-27-28-29-30-31-32-33-34-35-37-38-40-42-44-46-48-50-52-54-56-58-65(68)72-62-64(63-74-76(70,71)73-61-60-67)75-66(69)59-57-55-53-51-49-47-45-43-41-39-36-26-24-22-20-18-16-14-12-10-8-6-4-2/h22,24,64H,3-21,23,25-63,67H2,1-2H3,(H,70,71)/b24-22-. The molecule has 9 nitrogen and oxygen atoms in total. The fourth-order valence-corrected chi connectivity index (χ4v) is 11.2. The van der Waals surface area contributed by atoms with Crippen molar-refractivity contribution in [3.05, 3.63) is 12.2 Å². The number of rotatable bonds is 65. The predicted molar refractivity (Wildman–Crippen MR) is 326 cm³/mol. The van der Waals surface area contributed by atoms with E-state index >= 15 is 0 Å². The summed E-state index contributed by atoms with van der Waals surface area (Å²) in [5.74, 6) is -0.805. The Morgan fingerprint density at radius 2 is 0.645 bits per heavy atom. The number of phosphoric ester groups is 1. The lowest BCUT2D eigenvalue weighted by atomic mass is 10.0. The molecule has 0 aliphatic heterocycles. The lowest BCUT2D eigenvalue weighted by Crippen LogP contribution is -2.29. The number of unbranched alkanes of at least 4 members (excludes halogenated alkanes) is 50. The molecule has 2 atom stereocenters. The van der Waals surface area contributed by atoms with Crippen molar-refractivity contribution in [1.82, 2.24) is 0 Å². The predicted octanol–water partition coefficient (Wildman–Crippen LogP) is 21.6. The van der Waals surface area contributed by atoms with Crippen LogP contribution >= 0.6 is 7.82 Å². The molecule has 0 saturated heterocycles. The van der Waals surface area contributed by atoms with E-state index in [4.69, 9.17) is 24.3 Å². The highest BCUT2D eigenvalue weighted by atomic mass is 31.2. The van der Waals surface area contributed by atoms with Crippen molar-refractivity contribution in [2.75, 3.05) is 26.4 Å².